The number of allylic oxidation sites excluding steroid dienone is 1. The minimum atomic E-state index is -1.04. The van der Waals surface area contributed by atoms with E-state index < -0.39 is 18.0 Å². The molecule has 0 aliphatic heterocycles. The molecule has 1 rings (SSSR count). The van der Waals surface area contributed by atoms with Gasteiger partial charge in [-0.25, -0.2) is 9.59 Å². The van der Waals surface area contributed by atoms with Crippen LogP contribution in [0.25, 0.3) is 0 Å². The first kappa shape index (κ1) is 16.8. The second-order valence-corrected chi connectivity index (χ2v) is 4.94. The number of benzene rings is 1. The van der Waals surface area contributed by atoms with Gasteiger partial charge >= 0.3 is 12.0 Å². The molecule has 21 heavy (non-hydrogen) atoms. The van der Waals surface area contributed by atoms with Gasteiger partial charge in [-0.15, -0.1) is 0 Å². The van der Waals surface area contributed by atoms with E-state index in [1.807, 2.05) is 51.1 Å². The lowest BCUT2D eigenvalue weighted by atomic mass is 10.1. The number of hydrogen-bond donors (Lipinski definition) is 2. The van der Waals surface area contributed by atoms with Crippen molar-refractivity contribution < 1.29 is 14.7 Å². The van der Waals surface area contributed by atoms with Gasteiger partial charge in [0.25, 0.3) is 0 Å². The Hall–Kier alpha value is -2.30. The molecule has 2 amide bonds. The van der Waals surface area contributed by atoms with Crippen molar-refractivity contribution in [1.29, 1.82) is 0 Å². The summed E-state index contributed by atoms with van der Waals surface area (Å²) in [6, 6.07) is 7.84. The zero-order chi connectivity index (χ0) is 15.8. The van der Waals surface area contributed by atoms with Crippen molar-refractivity contribution >= 4 is 17.7 Å². The lowest BCUT2D eigenvalue weighted by Crippen LogP contribution is -2.48. The molecule has 0 saturated carbocycles. The van der Waals surface area contributed by atoms with Gasteiger partial charge in [-0.2, -0.15) is 0 Å². The number of urea groups is 1. The lowest BCUT2D eigenvalue weighted by molar-refractivity contribution is -0.139. The van der Waals surface area contributed by atoms with Crippen LogP contribution in [0.1, 0.15) is 27.2 Å². The van der Waals surface area contributed by atoms with Gasteiger partial charge < -0.3 is 10.4 Å². The summed E-state index contributed by atoms with van der Waals surface area (Å²) in [4.78, 5) is 25.0. The molecule has 0 aliphatic carbocycles. The van der Waals surface area contributed by atoms with Gasteiger partial charge in [0.1, 0.15) is 6.04 Å². The second-order valence-electron chi connectivity index (χ2n) is 4.94. The normalized spacial score (nSPS) is 11.4. The zero-order valence-electron chi connectivity index (χ0n) is 12.7. The Morgan fingerprint density at radius 2 is 1.90 bits per heavy atom. The fraction of sp³-hybridized carbons (Fsp3) is 0.375. The van der Waals surface area contributed by atoms with Crippen LogP contribution in [0.4, 0.5) is 10.5 Å². The van der Waals surface area contributed by atoms with E-state index in [9.17, 15) is 14.7 Å². The van der Waals surface area contributed by atoms with Gasteiger partial charge in [-0.1, -0.05) is 29.8 Å². The summed E-state index contributed by atoms with van der Waals surface area (Å²) in [5, 5.41) is 11.8. The molecule has 0 bridgehead atoms. The van der Waals surface area contributed by atoms with Crippen molar-refractivity contribution in [2.45, 2.75) is 33.2 Å². The van der Waals surface area contributed by atoms with Gasteiger partial charge in [0.2, 0.25) is 0 Å². The third-order valence-electron chi connectivity index (χ3n) is 2.99. The standard InChI is InChI=1S/C16H22N2O3/c1-4-18(13-8-6-5-7-9-13)16(21)17-14(15(19)20)11-10-12(2)3/h5-10,14H,4,11H2,1-3H3,(H,17,21)(H,19,20). The molecule has 0 heterocycles. The van der Waals surface area contributed by atoms with E-state index in [-0.39, 0.29) is 6.42 Å². The molecule has 5 heteroatoms. The molecule has 1 aromatic rings. The lowest BCUT2D eigenvalue weighted by Gasteiger charge is -2.23. The van der Waals surface area contributed by atoms with Crippen LogP contribution in [0, 0.1) is 0 Å². The molecule has 0 aromatic heterocycles. The highest BCUT2D eigenvalue weighted by atomic mass is 16.4. The number of carbonyl (C=O) groups is 2. The van der Waals surface area contributed by atoms with Gasteiger partial charge in [-0.3, -0.25) is 4.90 Å². The van der Waals surface area contributed by atoms with Crippen molar-refractivity contribution in [3.63, 3.8) is 0 Å². The van der Waals surface area contributed by atoms with Crippen LogP contribution in [0.3, 0.4) is 0 Å². The minimum Gasteiger partial charge on any atom is -0.480 e. The molecule has 0 aliphatic rings. The van der Waals surface area contributed by atoms with Gasteiger partial charge in [0.05, 0.1) is 0 Å². The van der Waals surface area contributed by atoms with Crippen molar-refractivity contribution in [1.82, 2.24) is 5.32 Å². The van der Waals surface area contributed by atoms with E-state index in [2.05, 4.69) is 5.32 Å². The number of anilines is 1. The maximum atomic E-state index is 12.3. The molecule has 1 aromatic carbocycles. The number of para-hydroxylation sites is 1. The molecule has 0 fully saturated rings. The average Bonchev–Trinajstić information content (AvgIpc) is 2.44. The second kappa shape index (κ2) is 8.09. The third kappa shape index (κ3) is 5.30. The summed E-state index contributed by atoms with van der Waals surface area (Å²) >= 11 is 0. The Balaban J connectivity index is 2.80. The van der Waals surface area contributed by atoms with Crippen LogP contribution in [0.15, 0.2) is 42.0 Å². The highest BCUT2D eigenvalue weighted by Gasteiger charge is 2.22. The number of hydrogen-bond acceptors (Lipinski definition) is 2. The number of carboxylic acids is 1. The van der Waals surface area contributed by atoms with Crippen LogP contribution in [0.2, 0.25) is 0 Å². The van der Waals surface area contributed by atoms with E-state index in [1.54, 1.807) is 6.08 Å². The van der Waals surface area contributed by atoms with E-state index in [4.69, 9.17) is 0 Å². The molecule has 114 valence electrons. The number of aliphatic carboxylic acids is 1. The number of carbonyl (C=O) groups excluding carboxylic acids is 1. The first-order chi connectivity index (χ1) is 9.95. The van der Waals surface area contributed by atoms with Gasteiger partial charge in [-0.05, 0) is 39.3 Å². The molecule has 5 nitrogen and oxygen atoms in total. The van der Waals surface area contributed by atoms with Crippen LogP contribution < -0.4 is 10.2 Å². The van der Waals surface area contributed by atoms with Gasteiger partial charge in [0, 0.05) is 12.2 Å². The topological polar surface area (TPSA) is 69.6 Å². The fourth-order valence-electron chi connectivity index (χ4n) is 1.85. The van der Waals surface area contributed by atoms with E-state index in [1.165, 1.54) is 4.90 Å². The highest BCUT2D eigenvalue weighted by molar-refractivity contribution is 5.94. The summed E-state index contributed by atoms with van der Waals surface area (Å²) in [6.45, 7) is 6.09. The molecule has 2 N–H and O–H groups in total. The highest BCUT2D eigenvalue weighted by Crippen LogP contribution is 2.13. The van der Waals surface area contributed by atoms with Gasteiger partial charge in [0.15, 0.2) is 0 Å². The first-order valence-electron chi connectivity index (χ1n) is 6.95. The third-order valence-corrected chi connectivity index (χ3v) is 2.99. The Labute approximate surface area is 125 Å². The predicted molar refractivity (Wildman–Crippen MR) is 83.5 cm³/mol. The smallest absolute Gasteiger partial charge is 0.326 e. The SMILES string of the molecule is CCN(C(=O)NC(CC=C(C)C)C(=O)O)c1ccccc1. The van der Waals surface area contributed by atoms with E-state index >= 15 is 0 Å². The van der Waals surface area contributed by atoms with Crippen molar-refractivity contribution in [2.75, 3.05) is 11.4 Å². The Morgan fingerprint density at radius 1 is 1.29 bits per heavy atom. The number of nitrogens with one attached hydrogen (secondary N) is 1. The minimum absolute atomic E-state index is 0.274. The maximum absolute atomic E-state index is 12.3. The molecular formula is C16H22N2O3. The summed E-state index contributed by atoms with van der Waals surface area (Å²) in [6.07, 6.45) is 2.08. The molecule has 0 saturated heterocycles. The number of carboxylic acid groups (broad SMARTS) is 1. The summed E-state index contributed by atoms with van der Waals surface area (Å²) in [5.74, 6) is -1.04. The van der Waals surface area contributed by atoms with Crippen LogP contribution in [-0.4, -0.2) is 29.7 Å². The van der Waals surface area contributed by atoms with Crippen molar-refractivity contribution in [3.8, 4) is 0 Å². The van der Waals surface area contributed by atoms with Crippen molar-refractivity contribution in [3.05, 3.63) is 42.0 Å². The van der Waals surface area contributed by atoms with E-state index in [0.29, 0.717) is 6.54 Å². The largest absolute Gasteiger partial charge is 0.480 e. The summed E-state index contributed by atoms with van der Waals surface area (Å²) in [5.41, 5.74) is 1.76. The summed E-state index contributed by atoms with van der Waals surface area (Å²) in [7, 11) is 0. The predicted octanol–water partition coefficient (Wildman–Crippen LogP) is 3.03. The zero-order valence-corrected chi connectivity index (χ0v) is 12.7. The molecular weight excluding hydrogens is 268 g/mol. The first-order valence-corrected chi connectivity index (χ1v) is 6.95. The maximum Gasteiger partial charge on any atom is 0.326 e. The van der Waals surface area contributed by atoms with Crippen LogP contribution >= 0.6 is 0 Å². The monoisotopic (exact) mass is 290 g/mol. The quantitative estimate of drug-likeness (QED) is 0.791. The van der Waals surface area contributed by atoms with Crippen LogP contribution in [0.5, 0.6) is 0 Å². The molecule has 1 atom stereocenters. The molecule has 0 radical (unpaired) electrons. The fourth-order valence-corrected chi connectivity index (χ4v) is 1.85. The average molecular weight is 290 g/mol. The molecule has 1 unspecified atom stereocenters. The number of amides is 2. The van der Waals surface area contributed by atoms with E-state index in [0.717, 1.165) is 11.3 Å². The van der Waals surface area contributed by atoms with Crippen molar-refractivity contribution in [2.24, 2.45) is 0 Å². The Kier molecular flexibility index (Phi) is 6.46. The van der Waals surface area contributed by atoms with Crippen LogP contribution in [-0.2, 0) is 4.79 Å². The Morgan fingerprint density at radius 3 is 2.38 bits per heavy atom. The number of nitrogens with zero attached hydrogens (tertiary/aromatic N) is 1. The summed E-state index contributed by atoms with van der Waals surface area (Å²) < 4.78 is 0. The molecule has 0 spiro atoms. The number of rotatable bonds is 6. The Bertz CT molecular complexity index is 508.